The Bertz CT molecular complexity index is 1030. The van der Waals surface area contributed by atoms with Crippen molar-refractivity contribution in [2.45, 2.75) is 46.0 Å². The van der Waals surface area contributed by atoms with Crippen LogP contribution in [0.25, 0.3) is 27.9 Å². The number of rotatable bonds is 0. The van der Waals surface area contributed by atoms with Gasteiger partial charge in [-0.1, -0.05) is 18.6 Å². The van der Waals surface area contributed by atoms with Crippen LogP contribution < -0.4 is 0 Å². The Morgan fingerprint density at radius 3 is 2.79 bits per heavy atom. The van der Waals surface area contributed by atoms with Crippen LogP contribution in [-0.2, 0) is 0 Å². The molecular formula is C22H22N2. The lowest BCUT2D eigenvalue weighted by Gasteiger charge is -2.34. The molecule has 5 rings (SSSR count). The Labute approximate surface area is 142 Å². The first-order valence-electron chi connectivity index (χ1n) is 8.99. The van der Waals surface area contributed by atoms with E-state index in [0.717, 1.165) is 22.6 Å². The van der Waals surface area contributed by atoms with Crippen LogP contribution in [0.2, 0.25) is 0 Å². The quantitative estimate of drug-likeness (QED) is 0.497. The summed E-state index contributed by atoms with van der Waals surface area (Å²) in [4.78, 5) is 9.65. The van der Waals surface area contributed by atoms with E-state index in [9.17, 15) is 0 Å². The standard InChI is InChI=1S/C22H22N2/c1-12-6-15-9-16(7-12)20-11-23-22-17-5-4-14(3)24-21(17)13(2)8-19(22)18(20)10-15/h4-5,8,10-12,16H,6-7,9H2,1-3H3. The van der Waals surface area contributed by atoms with Crippen LogP contribution in [0.3, 0.4) is 0 Å². The molecule has 1 saturated carbocycles. The molecule has 2 aromatic heterocycles. The highest BCUT2D eigenvalue weighted by atomic mass is 14.7. The van der Waals surface area contributed by atoms with E-state index < -0.39 is 0 Å². The highest BCUT2D eigenvalue weighted by Gasteiger charge is 2.30. The van der Waals surface area contributed by atoms with Gasteiger partial charge in [0.15, 0.2) is 0 Å². The van der Waals surface area contributed by atoms with Gasteiger partial charge in [-0.05, 0) is 79.8 Å². The molecule has 0 radical (unpaired) electrons. The van der Waals surface area contributed by atoms with Crippen molar-refractivity contribution in [3.63, 3.8) is 0 Å². The Morgan fingerprint density at radius 2 is 1.92 bits per heavy atom. The first kappa shape index (κ1) is 14.2. The van der Waals surface area contributed by atoms with Gasteiger partial charge in [-0.2, -0.15) is 0 Å². The first-order chi connectivity index (χ1) is 11.6. The molecule has 2 atom stereocenters. The summed E-state index contributed by atoms with van der Waals surface area (Å²) in [6, 6.07) is 6.58. The van der Waals surface area contributed by atoms with Crippen molar-refractivity contribution in [3.8, 4) is 0 Å². The zero-order valence-corrected chi connectivity index (χ0v) is 14.6. The summed E-state index contributed by atoms with van der Waals surface area (Å²) in [6.45, 7) is 6.60. The number of aryl methyl sites for hydroxylation is 2. The summed E-state index contributed by atoms with van der Waals surface area (Å²) in [5.41, 5.74) is 9.00. The maximum atomic E-state index is 4.90. The highest BCUT2D eigenvalue weighted by Crippen LogP contribution is 2.46. The van der Waals surface area contributed by atoms with Crippen molar-refractivity contribution >= 4 is 27.9 Å². The number of aromatic nitrogens is 2. The Morgan fingerprint density at radius 1 is 1.04 bits per heavy atom. The molecule has 2 heterocycles. The van der Waals surface area contributed by atoms with Crippen molar-refractivity contribution in [3.05, 3.63) is 52.4 Å². The lowest BCUT2D eigenvalue weighted by molar-refractivity contribution is 0.404. The smallest absolute Gasteiger partial charge is 0.0802 e. The molecule has 2 aliphatic carbocycles. The summed E-state index contributed by atoms with van der Waals surface area (Å²) < 4.78 is 0. The second-order valence-electron chi connectivity index (χ2n) is 7.81. The van der Waals surface area contributed by atoms with Crippen LogP contribution in [0.4, 0.5) is 0 Å². The predicted molar refractivity (Wildman–Crippen MR) is 100 cm³/mol. The zero-order valence-electron chi connectivity index (χ0n) is 14.6. The van der Waals surface area contributed by atoms with E-state index in [2.05, 4.69) is 51.2 Å². The van der Waals surface area contributed by atoms with E-state index in [-0.39, 0.29) is 0 Å². The van der Waals surface area contributed by atoms with E-state index in [4.69, 9.17) is 9.97 Å². The van der Waals surface area contributed by atoms with Crippen molar-refractivity contribution in [1.82, 2.24) is 9.97 Å². The molecule has 24 heavy (non-hydrogen) atoms. The third-order valence-corrected chi connectivity index (χ3v) is 5.81. The summed E-state index contributed by atoms with van der Waals surface area (Å²) in [7, 11) is 0. The Balaban J connectivity index is 1.87. The van der Waals surface area contributed by atoms with Crippen LogP contribution in [0.5, 0.6) is 0 Å². The van der Waals surface area contributed by atoms with Crippen molar-refractivity contribution in [2.24, 2.45) is 5.92 Å². The average Bonchev–Trinajstić information content (AvgIpc) is 2.55. The monoisotopic (exact) mass is 314 g/mol. The van der Waals surface area contributed by atoms with Crippen molar-refractivity contribution < 1.29 is 0 Å². The van der Waals surface area contributed by atoms with Crippen LogP contribution in [0.15, 0.2) is 30.0 Å². The molecule has 2 nitrogen and oxygen atoms in total. The third kappa shape index (κ3) is 1.95. The number of hydrogen-bond acceptors (Lipinski definition) is 2. The molecule has 1 fully saturated rings. The van der Waals surface area contributed by atoms with Gasteiger partial charge in [-0.25, -0.2) is 0 Å². The molecule has 0 aliphatic heterocycles. The van der Waals surface area contributed by atoms with Crippen LogP contribution in [0, 0.1) is 19.8 Å². The molecule has 0 amide bonds. The van der Waals surface area contributed by atoms with Gasteiger partial charge in [0.05, 0.1) is 11.0 Å². The number of pyridine rings is 2. The highest BCUT2D eigenvalue weighted by molar-refractivity contribution is 6.08. The SMILES string of the molecule is Cc1ccc2c(n1)c(C)cc1c3c(cnc12)C1CC(=C3)CC(C)C1. The molecule has 0 spiro atoms. The maximum absolute atomic E-state index is 4.90. The fraction of sp³-hybridized carbons (Fsp3) is 0.364. The van der Waals surface area contributed by atoms with E-state index in [1.807, 2.05) is 0 Å². The molecule has 2 bridgehead atoms. The van der Waals surface area contributed by atoms with Crippen LogP contribution >= 0.6 is 0 Å². The topological polar surface area (TPSA) is 25.8 Å². The van der Waals surface area contributed by atoms with Gasteiger partial charge in [0.1, 0.15) is 0 Å². The summed E-state index contributed by atoms with van der Waals surface area (Å²) >= 11 is 0. The van der Waals surface area contributed by atoms with Gasteiger partial charge >= 0.3 is 0 Å². The lowest BCUT2D eigenvalue weighted by atomic mass is 9.71. The van der Waals surface area contributed by atoms with Crippen LogP contribution in [-0.4, -0.2) is 9.97 Å². The second-order valence-corrected chi connectivity index (χ2v) is 7.81. The molecule has 1 aromatic carbocycles. The summed E-state index contributed by atoms with van der Waals surface area (Å²) in [6.07, 6.45) is 8.39. The normalized spacial score (nSPS) is 22.5. The molecule has 0 saturated heterocycles. The molecule has 2 unspecified atom stereocenters. The lowest BCUT2D eigenvalue weighted by Crippen LogP contribution is -2.18. The second kappa shape index (κ2) is 4.89. The Hall–Kier alpha value is -2.22. The zero-order chi connectivity index (χ0) is 16.4. The van der Waals surface area contributed by atoms with Crippen molar-refractivity contribution in [1.29, 1.82) is 0 Å². The number of allylic oxidation sites excluding steroid dienone is 1. The van der Waals surface area contributed by atoms with Gasteiger partial charge in [-0.15, -0.1) is 0 Å². The fourth-order valence-corrected chi connectivity index (χ4v) is 4.80. The van der Waals surface area contributed by atoms with E-state index in [1.54, 1.807) is 5.57 Å². The van der Waals surface area contributed by atoms with E-state index >= 15 is 0 Å². The third-order valence-electron chi connectivity index (χ3n) is 5.81. The molecular weight excluding hydrogens is 292 g/mol. The van der Waals surface area contributed by atoms with Crippen molar-refractivity contribution in [2.75, 3.05) is 0 Å². The van der Waals surface area contributed by atoms with Crippen LogP contribution in [0.1, 0.15) is 54.5 Å². The molecule has 2 aliphatic rings. The number of nitrogens with zero attached hydrogens (tertiary/aromatic N) is 2. The minimum absolute atomic E-state index is 0.660. The number of benzene rings is 1. The molecule has 2 heteroatoms. The Kier molecular flexibility index (Phi) is 2.88. The van der Waals surface area contributed by atoms with E-state index in [0.29, 0.717) is 5.92 Å². The number of hydrogen-bond donors (Lipinski definition) is 0. The minimum Gasteiger partial charge on any atom is -0.255 e. The van der Waals surface area contributed by atoms with Gasteiger partial charge in [0.2, 0.25) is 0 Å². The minimum atomic E-state index is 0.660. The van der Waals surface area contributed by atoms with E-state index in [1.165, 1.54) is 46.7 Å². The fourth-order valence-electron chi connectivity index (χ4n) is 4.80. The summed E-state index contributed by atoms with van der Waals surface area (Å²) in [5, 5.41) is 2.49. The van der Waals surface area contributed by atoms with Gasteiger partial charge in [0, 0.05) is 22.7 Å². The van der Waals surface area contributed by atoms with Gasteiger partial charge < -0.3 is 0 Å². The molecule has 3 aromatic rings. The predicted octanol–water partition coefficient (Wildman–Crippen LogP) is 5.70. The van der Waals surface area contributed by atoms with Gasteiger partial charge in [-0.3, -0.25) is 9.97 Å². The first-order valence-corrected chi connectivity index (χ1v) is 8.99. The molecule has 0 N–H and O–H groups in total. The maximum Gasteiger partial charge on any atom is 0.0802 e. The average molecular weight is 314 g/mol. The molecule has 120 valence electrons. The summed E-state index contributed by atoms with van der Waals surface area (Å²) in [5.74, 6) is 1.46. The number of fused-ring (bicyclic) bond motifs is 8. The largest absolute Gasteiger partial charge is 0.255 e. The van der Waals surface area contributed by atoms with Gasteiger partial charge in [0.25, 0.3) is 0 Å².